The smallest absolute Gasteiger partial charge is 0.326 e. The molecule has 0 bridgehead atoms. The van der Waals surface area contributed by atoms with Crippen molar-refractivity contribution in [3.05, 3.63) is 100 Å². The minimum Gasteiger partial charge on any atom is -0.508 e. The number of phenolic OH excluding ortho intramolecular Hbond substituents is 1. The summed E-state index contributed by atoms with van der Waals surface area (Å²) in [6.45, 7) is 5.85. The molecule has 0 spiro atoms. The summed E-state index contributed by atoms with van der Waals surface area (Å²) in [4.78, 5) is 56.4. The first-order valence-corrected chi connectivity index (χ1v) is 17.7. The molecule has 1 fully saturated rings. The summed E-state index contributed by atoms with van der Waals surface area (Å²) in [5.41, 5.74) is 11.7. The lowest BCUT2D eigenvalue weighted by Gasteiger charge is -2.39. The number of hydrogen-bond acceptors (Lipinski definition) is 6. The largest absolute Gasteiger partial charge is 0.508 e. The molecule has 3 aromatic rings. The minimum absolute atomic E-state index is 0.0972. The molecule has 2 aliphatic rings. The van der Waals surface area contributed by atoms with Crippen LogP contribution in [0.1, 0.15) is 72.4 Å². The number of carboxylic acids is 1. The van der Waals surface area contributed by atoms with E-state index in [1.165, 1.54) is 4.90 Å². The Kier molecular flexibility index (Phi) is 12.0. The number of rotatable bonds is 12. The second-order valence-corrected chi connectivity index (χ2v) is 14.2. The first kappa shape index (κ1) is 36.6. The molecule has 0 aromatic heterocycles. The fraction of sp³-hybridized carbons (Fsp3) is 0.450. The molecule has 0 radical (unpaired) electrons. The van der Waals surface area contributed by atoms with Gasteiger partial charge in [0.15, 0.2) is 0 Å². The molecule has 1 saturated carbocycles. The molecule has 1 aliphatic carbocycles. The Balaban J connectivity index is 1.41. The van der Waals surface area contributed by atoms with Crippen molar-refractivity contribution in [1.29, 1.82) is 0 Å². The molecule has 3 amide bonds. The lowest BCUT2D eigenvalue weighted by Crippen LogP contribution is -2.61. The third kappa shape index (κ3) is 8.71. The van der Waals surface area contributed by atoms with Crippen LogP contribution in [-0.2, 0) is 45.0 Å². The van der Waals surface area contributed by atoms with Gasteiger partial charge in [-0.25, -0.2) is 4.79 Å². The SMILES string of the molecule is Cc1cc(O)cc(C)c1C[C@H](N)C(=O)N1Cc2ccccc2C[C@H]1C(=O)N[C@@H](C(=O)N[C@@H](Cc1ccccc1)C(=O)O)[C@@H](C)C1CCCCC1. The van der Waals surface area contributed by atoms with Gasteiger partial charge in [0.1, 0.15) is 23.9 Å². The Morgan fingerprint density at radius 1 is 0.880 bits per heavy atom. The number of aryl methyl sites for hydroxylation is 2. The van der Waals surface area contributed by atoms with Gasteiger partial charge >= 0.3 is 5.97 Å². The summed E-state index contributed by atoms with van der Waals surface area (Å²) in [5.74, 6) is -2.53. The monoisotopic (exact) mass is 682 g/mol. The van der Waals surface area contributed by atoms with E-state index in [1.54, 1.807) is 12.1 Å². The number of nitrogens with zero attached hydrogens (tertiary/aromatic N) is 1. The van der Waals surface area contributed by atoms with Crippen LogP contribution in [0.5, 0.6) is 5.75 Å². The van der Waals surface area contributed by atoms with E-state index in [0.717, 1.165) is 65.5 Å². The Labute approximate surface area is 294 Å². The highest BCUT2D eigenvalue weighted by atomic mass is 16.4. The Hall–Kier alpha value is -4.70. The number of carboxylic acid groups (broad SMARTS) is 1. The van der Waals surface area contributed by atoms with Gasteiger partial charge in [0, 0.05) is 19.4 Å². The van der Waals surface area contributed by atoms with Gasteiger partial charge in [-0.3, -0.25) is 14.4 Å². The summed E-state index contributed by atoms with van der Waals surface area (Å²) < 4.78 is 0. The molecule has 5 rings (SSSR count). The van der Waals surface area contributed by atoms with Gasteiger partial charge in [-0.2, -0.15) is 0 Å². The van der Waals surface area contributed by atoms with E-state index < -0.39 is 42.0 Å². The third-order valence-electron chi connectivity index (χ3n) is 10.7. The van der Waals surface area contributed by atoms with Crippen LogP contribution in [0.2, 0.25) is 0 Å². The van der Waals surface area contributed by atoms with E-state index >= 15 is 0 Å². The summed E-state index contributed by atoms with van der Waals surface area (Å²) in [5, 5.41) is 25.8. The number of carbonyl (C=O) groups is 4. The van der Waals surface area contributed by atoms with Crippen molar-refractivity contribution in [2.24, 2.45) is 17.6 Å². The maximum atomic E-state index is 14.4. The fourth-order valence-corrected chi connectivity index (χ4v) is 7.73. The van der Waals surface area contributed by atoms with Gasteiger partial charge in [0.2, 0.25) is 17.7 Å². The molecule has 10 heteroatoms. The number of benzene rings is 3. The highest BCUT2D eigenvalue weighted by Gasteiger charge is 2.41. The Bertz CT molecular complexity index is 1670. The van der Waals surface area contributed by atoms with Crippen LogP contribution in [-0.4, -0.2) is 63.0 Å². The number of aromatic hydroxyl groups is 1. The summed E-state index contributed by atoms with van der Waals surface area (Å²) in [6.07, 6.45) is 5.58. The van der Waals surface area contributed by atoms with Crippen molar-refractivity contribution in [3.8, 4) is 5.75 Å². The first-order valence-electron chi connectivity index (χ1n) is 17.7. The number of aliphatic carboxylic acids is 1. The van der Waals surface area contributed by atoms with Gasteiger partial charge in [-0.1, -0.05) is 93.6 Å². The second-order valence-electron chi connectivity index (χ2n) is 14.2. The van der Waals surface area contributed by atoms with Gasteiger partial charge in [0.25, 0.3) is 0 Å². The molecule has 3 aromatic carbocycles. The Morgan fingerprint density at radius 2 is 1.50 bits per heavy atom. The number of amides is 3. The highest BCUT2D eigenvalue weighted by molar-refractivity contribution is 5.95. The van der Waals surface area contributed by atoms with Crippen molar-refractivity contribution in [2.75, 3.05) is 0 Å². The van der Waals surface area contributed by atoms with Gasteiger partial charge in [-0.05, 0) is 77.6 Å². The zero-order valence-electron chi connectivity index (χ0n) is 29.2. The lowest BCUT2D eigenvalue weighted by atomic mass is 9.77. The molecule has 50 heavy (non-hydrogen) atoms. The average molecular weight is 683 g/mol. The van der Waals surface area contributed by atoms with Gasteiger partial charge in [-0.15, -0.1) is 0 Å². The molecule has 10 nitrogen and oxygen atoms in total. The number of carbonyl (C=O) groups excluding carboxylic acids is 3. The molecule has 5 atom stereocenters. The predicted molar refractivity (Wildman–Crippen MR) is 191 cm³/mol. The van der Waals surface area contributed by atoms with Crippen LogP contribution in [0.15, 0.2) is 66.7 Å². The maximum Gasteiger partial charge on any atom is 0.326 e. The number of nitrogens with two attached hydrogens (primary N) is 1. The molecule has 1 aliphatic heterocycles. The summed E-state index contributed by atoms with van der Waals surface area (Å²) in [6, 6.07) is 16.0. The van der Waals surface area contributed by atoms with Crippen LogP contribution in [0.3, 0.4) is 0 Å². The van der Waals surface area contributed by atoms with E-state index in [1.807, 2.05) is 75.4 Å². The zero-order chi connectivity index (χ0) is 35.9. The summed E-state index contributed by atoms with van der Waals surface area (Å²) in [7, 11) is 0. The third-order valence-corrected chi connectivity index (χ3v) is 10.7. The fourth-order valence-electron chi connectivity index (χ4n) is 7.73. The van der Waals surface area contributed by atoms with Crippen molar-refractivity contribution in [1.82, 2.24) is 15.5 Å². The lowest BCUT2D eigenvalue weighted by molar-refractivity contribution is -0.145. The molecule has 266 valence electrons. The van der Waals surface area contributed by atoms with Crippen LogP contribution in [0, 0.1) is 25.7 Å². The zero-order valence-corrected chi connectivity index (χ0v) is 29.2. The van der Waals surface area contributed by atoms with E-state index in [4.69, 9.17) is 5.73 Å². The Morgan fingerprint density at radius 3 is 2.14 bits per heavy atom. The topological polar surface area (TPSA) is 162 Å². The first-order chi connectivity index (χ1) is 23.9. The molecule has 1 heterocycles. The maximum absolute atomic E-state index is 14.4. The minimum atomic E-state index is -1.19. The molecular weight excluding hydrogens is 632 g/mol. The number of fused-ring (bicyclic) bond motifs is 1. The number of phenols is 1. The average Bonchev–Trinajstić information content (AvgIpc) is 3.11. The van der Waals surface area contributed by atoms with Gasteiger partial charge < -0.3 is 31.5 Å². The van der Waals surface area contributed by atoms with E-state index in [-0.39, 0.29) is 49.3 Å². The van der Waals surface area contributed by atoms with Crippen molar-refractivity contribution in [3.63, 3.8) is 0 Å². The van der Waals surface area contributed by atoms with Crippen molar-refractivity contribution in [2.45, 2.75) is 103 Å². The van der Waals surface area contributed by atoms with Crippen molar-refractivity contribution >= 4 is 23.7 Å². The highest BCUT2D eigenvalue weighted by Crippen LogP contribution is 2.32. The predicted octanol–water partition coefficient (Wildman–Crippen LogP) is 4.35. The van der Waals surface area contributed by atoms with Crippen LogP contribution < -0.4 is 16.4 Å². The quantitative estimate of drug-likeness (QED) is 0.190. The van der Waals surface area contributed by atoms with E-state index in [9.17, 15) is 29.4 Å². The normalized spacial score (nSPS) is 18.6. The van der Waals surface area contributed by atoms with Crippen LogP contribution >= 0.6 is 0 Å². The van der Waals surface area contributed by atoms with E-state index in [2.05, 4.69) is 10.6 Å². The van der Waals surface area contributed by atoms with Gasteiger partial charge in [0.05, 0.1) is 6.04 Å². The second kappa shape index (κ2) is 16.3. The number of hydrogen-bond donors (Lipinski definition) is 5. The molecule has 6 N–H and O–H groups in total. The molecular formula is C40H50N4O6. The molecule has 0 unspecified atom stereocenters. The van der Waals surface area contributed by atoms with Crippen LogP contribution in [0.4, 0.5) is 0 Å². The number of nitrogens with one attached hydrogen (secondary N) is 2. The van der Waals surface area contributed by atoms with Crippen molar-refractivity contribution < 1.29 is 29.4 Å². The summed E-state index contributed by atoms with van der Waals surface area (Å²) >= 11 is 0. The standard InChI is InChI=1S/C40H50N4O6/c1-24-18-31(45)19-25(2)32(24)22-33(41)39(48)44-23-30-17-11-10-16-29(30)21-35(44)37(46)43-36(26(3)28-14-8-5-9-15-28)38(47)42-34(40(49)50)20-27-12-6-4-7-13-27/h4,6-7,10-13,16-19,26,28,33-36,45H,5,8-9,14-15,20-23,41H2,1-3H3,(H,42,47)(H,43,46)(H,49,50)/t26-,33-,34-,35-,36+/m0/s1. The van der Waals surface area contributed by atoms with E-state index in [0.29, 0.717) is 0 Å². The van der Waals surface area contributed by atoms with Crippen LogP contribution in [0.25, 0.3) is 0 Å². The molecule has 0 saturated heterocycles.